The Kier molecular flexibility index (Phi) is 3.66. The largest absolute Gasteiger partial charge is 0.573 e. The molecule has 1 aromatic carbocycles. The van der Waals surface area contributed by atoms with Gasteiger partial charge in [0.05, 0.1) is 0 Å². The van der Waals surface area contributed by atoms with Gasteiger partial charge < -0.3 is 4.74 Å². The fourth-order valence-corrected chi connectivity index (χ4v) is 1.89. The van der Waals surface area contributed by atoms with Gasteiger partial charge in [-0.2, -0.15) is 0 Å². The number of alkyl halides is 3. The lowest BCUT2D eigenvalue weighted by atomic mass is 10.3. The molecular weight excluding hydrogens is 271 g/mol. The van der Waals surface area contributed by atoms with E-state index < -0.39 is 27.0 Å². The standard InChI is InChI=1S/C7H5ClF3NO3S/c8-12-16(13,14)6-4-2-1-3-5(6)15-7(9,10)11/h1-4,12H. The molecule has 0 saturated heterocycles. The zero-order valence-electron chi connectivity index (χ0n) is 7.45. The molecular formula is C7H5ClF3NO3S. The average Bonchev–Trinajstić information content (AvgIpc) is 2.16. The third-order valence-electron chi connectivity index (χ3n) is 1.47. The van der Waals surface area contributed by atoms with Crippen molar-refractivity contribution in [1.82, 2.24) is 4.24 Å². The molecule has 16 heavy (non-hydrogen) atoms. The van der Waals surface area contributed by atoms with Crippen LogP contribution in [0.25, 0.3) is 0 Å². The molecule has 9 heteroatoms. The van der Waals surface area contributed by atoms with Gasteiger partial charge in [-0.05, 0) is 23.9 Å². The van der Waals surface area contributed by atoms with Crippen LogP contribution in [0.4, 0.5) is 13.2 Å². The van der Waals surface area contributed by atoms with Gasteiger partial charge in [-0.15, -0.1) is 17.4 Å². The van der Waals surface area contributed by atoms with Crippen molar-refractivity contribution in [2.45, 2.75) is 11.3 Å². The zero-order valence-corrected chi connectivity index (χ0v) is 9.03. The van der Waals surface area contributed by atoms with Crippen molar-refractivity contribution in [2.24, 2.45) is 0 Å². The van der Waals surface area contributed by atoms with Gasteiger partial charge in [-0.1, -0.05) is 12.1 Å². The lowest BCUT2D eigenvalue weighted by molar-refractivity contribution is -0.275. The molecule has 0 aliphatic rings. The van der Waals surface area contributed by atoms with Crippen LogP contribution in [0, 0.1) is 0 Å². The minimum absolute atomic E-state index is 0.692. The van der Waals surface area contributed by atoms with Crippen molar-refractivity contribution in [3.63, 3.8) is 0 Å². The Morgan fingerprint density at radius 3 is 2.31 bits per heavy atom. The van der Waals surface area contributed by atoms with Crippen LogP contribution in [0.1, 0.15) is 0 Å². The van der Waals surface area contributed by atoms with Crippen molar-refractivity contribution in [3.05, 3.63) is 24.3 Å². The number of halogens is 4. The van der Waals surface area contributed by atoms with Gasteiger partial charge in [0.25, 0.3) is 10.0 Å². The van der Waals surface area contributed by atoms with Gasteiger partial charge in [-0.25, -0.2) is 8.42 Å². The molecule has 90 valence electrons. The molecule has 0 saturated carbocycles. The quantitative estimate of drug-likeness (QED) is 0.859. The molecule has 0 heterocycles. The van der Waals surface area contributed by atoms with Crippen molar-refractivity contribution in [1.29, 1.82) is 0 Å². The second-order valence-electron chi connectivity index (χ2n) is 2.58. The summed E-state index contributed by atoms with van der Waals surface area (Å²) < 4.78 is 63.2. The van der Waals surface area contributed by atoms with Crippen LogP contribution in [0.3, 0.4) is 0 Å². The maximum Gasteiger partial charge on any atom is 0.573 e. The van der Waals surface area contributed by atoms with Crippen LogP contribution in [-0.2, 0) is 10.0 Å². The second-order valence-corrected chi connectivity index (χ2v) is 4.64. The number of rotatable bonds is 3. The number of para-hydroxylation sites is 1. The highest BCUT2D eigenvalue weighted by molar-refractivity contribution is 7.90. The molecule has 0 aromatic heterocycles. The Bertz CT molecular complexity index is 474. The number of nitrogens with one attached hydrogen (secondary N) is 1. The summed E-state index contributed by atoms with van der Waals surface area (Å²) in [5.41, 5.74) is 0. The van der Waals surface area contributed by atoms with E-state index in [1.54, 1.807) is 0 Å². The fraction of sp³-hybridized carbons (Fsp3) is 0.143. The third-order valence-corrected chi connectivity index (χ3v) is 3.19. The van der Waals surface area contributed by atoms with E-state index in [0.717, 1.165) is 12.1 Å². The first-order valence-electron chi connectivity index (χ1n) is 3.73. The average molecular weight is 276 g/mol. The number of benzene rings is 1. The van der Waals surface area contributed by atoms with Crippen LogP contribution < -0.4 is 8.98 Å². The van der Waals surface area contributed by atoms with Crippen LogP contribution >= 0.6 is 11.8 Å². The van der Waals surface area contributed by atoms with E-state index in [0.29, 0.717) is 0 Å². The summed E-state index contributed by atoms with van der Waals surface area (Å²) in [5.74, 6) is -0.844. The van der Waals surface area contributed by atoms with Gasteiger partial charge in [0.15, 0.2) is 0 Å². The summed E-state index contributed by atoms with van der Waals surface area (Å²) in [6.45, 7) is 0. The van der Waals surface area contributed by atoms with E-state index in [1.807, 2.05) is 0 Å². The molecule has 0 amide bonds. The molecule has 0 fully saturated rings. The summed E-state index contributed by atoms with van der Waals surface area (Å²) in [4.78, 5) is -0.692. The second kappa shape index (κ2) is 4.48. The van der Waals surface area contributed by atoms with Gasteiger partial charge in [0.2, 0.25) is 0 Å². The van der Waals surface area contributed by atoms with Crippen molar-refractivity contribution >= 4 is 21.8 Å². The minimum atomic E-state index is -4.97. The summed E-state index contributed by atoms with van der Waals surface area (Å²) in [6, 6.07) is 4.25. The Morgan fingerprint density at radius 1 is 1.25 bits per heavy atom. The zero-order chi connectivity index (χ0) is 12.4. The van der Waals surface area contributed by atoms with Crippen molar-refractivity contribution in [3.8, 4) is 5.75 Å². The Hall–Kier alpha value is -0.990. The molecule has 0 radical (unpaired) electrons. The first-order valence-corrected chi connectivity index (χ1v) is 5.59. The molecule has 0 aliphatic carbocycles. The molecule has 0 bridgehead atoms. The molecule has 0 unspecified atom stereocenters. The minimum Gasteiger partial charge on any atom is -0.404 e. The highest BCUT2D eigenvalue weighted by Crippen LogP contribution is 2.29. The van der Waals surface area contributed by atoms with Crippen LogP contribution in [0.5, 0.6) is 5.75 Å². The van der Waals surface area contributed by atoms with Crippen LogP contribution in [-0.4, -0.2) is 14.8 Å². The van der Waals surface area contributed by atoms with Gasteiger partial charge in [-0.3, -0.25) is 0 Å². The lowest BCUT2D eigenvalue weighted by Crippen LogP contribution is -2.21. The van der Waals surface area contributed by atoms with Gasteiger partial charge >= 0.3 is 6.36 Å². The SMILES string of the molecule is O=S(=O)(NCl)c1ccccc1OC(F)(F)F. The van der Waals surface area contributed by atoms with E-state index >= 15 is 0 Å². The van der Waals surface area contributed by atoms with E-state index in [-0.39, 0.29) is 0 Å². The summed E-state index contributed by atoms with van der Waals surface area (Å²) in [5, 5.41) is 0. The fourth-order valence-electron chi connectivity index (χ4n) is 0.923. The van der Waals surface area contributed by atoms with E-state index in [2.05, 4.69) is 4.74 Å². The number of hydrogen-bond donors (Lipinski definition) is 1. The topological polar surface area (TPSA) is 55.4 Å². The number of sulfonamides is 1. The normalized spacial score (nSPS) is 12.5. The highest BCUT2D eigenvalue weighted by atomic mass is 35.5. The lowest BCUT2D eigenvalue weighted by Gasteiger charge is -2.12. The number of hydrogen-bond acceptors (Lipinski definition) is 3. The van der Waals surface area contributed by atoms with E-state index in [4.69, 9.17) is 11.8 Å². The Balaban J connectivity index is 3.22. The molecule has 1 N–H and O–H groups in total. The smallest absolute Gasteiger partial charge is 0.404 e. The predicted molar refractivity (Wildman–Crippen MR) is 49.3 cm³/mol. The van der Waals surface area contributed by atoms with Gasteiger partial charge in [0.1, 0.15) is 10.6 Å². The molecule has 0 aliphatic heterocycles. The number of ether oxygens (including phenoxy) is 1. The molecule has 4 nitrogen and oxygen atoms in total. The van der Waals surface area contributed by atoms with Crippen molar-refractivity contribution in [2.75, 3.05) is 0 Å². The predicted octanol–water partition coefficient (Wildman–Crippen LogP) is 2.02. The molecule has 0 spiro atoms. The summed E-state index contributed by atoms with van der Waals surface area (Å²) >= 11 is 4.90. The van der Waals surface area contributed by atoms with E-state index in [9.17, 15) is 21.6 Å². The van der Waals surface area contributed by atoms with E-state index in [1.165, 1.54) is 16.4 Å². The summed E-state index contributed by atoms with van der Waals surface area (Å²) in [6.07, 6.45) is -4.97. The Morgan fingerprint density at radius 2 is 1.81 bits per heavy atom. The maximum atomic E-state index is 11.9. The highest BCUT2D eigenvalue weighted by Gasteiger charge is 2.33. The molecule has 0 atom stereocenters. The molecule has 1 rings (SSSR count). The van der Waals surface area contributed by atoms with Crippen LogP contribution in [0.15, 0.2) is 29.2 Å². The van der Waals surface area contributed by atoms with Crippen LogP contribution in [0.2, 0.25) is 0 Å². The first-order chi connectivity index (χ1) is 7.26. The Labute approximate surface area is 94.1 Å². The first kappa shape index (κ1) is 13.1. The van der Waals surface area contributed by atoms with Gasteiger partial charge in [0, 0.05) is 0 Å². The summed E-state index contributed by atoms with van der Waals surface area (Å²) in [7, 11) is -4.21. The van der Waals surface area contributed by atoms with Crippen molar-refractivity contribution < 1.29 is 26.3 Å². The molecule has 1 aromatic rings. The maximum absolute atomic E-state index is 11.9. The monoisotopic (exact) mass is 275 g/mol. The third kappa shape index (κ3) is 3.26.